The minimum atomic E-state index is 0.534. The summed E-state index contributed by atoms with van der Waals surface area (Å²) in [4.78, 5) is 2.66. The summed E-state index contributed by atoms with van der Waals surface area (Å²) in [6, 6.07) is 0.748. The van der Waals surface area contributed by atoms with Crippen LogP contribution < -0.4 is 0 Å². The van der Waals surface area contributed by atoms with Gasteiger partial charge in [-0.25, -0.2) is 0 Å². The third-order valence-corrected chi connectivity index (χ3v) is 5.97. The summed E-state index contributed by atoms with van der Waals surface area (Å²) < 4.78 is 0. The first-order valence-electron chi connectivity index (χ1n) is 8.62. The van der Waals surface area contributed by atoms with Crippen molar-refractivity contribution in [2.24, 2.45) is 23.2 Å². The number of likely N-dealkylation sites (tertiary alicyclic amines) is 1. The fourth-order valence-electron chi connectivity index (χ4n) is 4.36. The first kappa shape index (κ1) is 15.4. The molecule has 0 radical (unpaired) electrons. The molecule has 0 bridgehead atoms. The smallest absolute Gasteiger partial charge is 0.00385 e. The van der Waals surface area contributed by atoms with E-state index in [4.69, 9.17) is 0 Å². The molecule has 1 aliphatic carbocycles. The highest BCUT2D eigenvalue weighted by atomic mass is 15.1. The molecule has 1 saturated carbocycles. The fourth-order valence-corrected chi connectivity index (χ4v) is 4.36. The topological polar surface area (TPSA) is 3.24 Å². The summed E-state index contributed by atoms with van der Waals surface area (Å²) in [7, 11) is 0. The van der Waals surface area contributed by atoms with Crippen molar-refractivity contribution in [3.05, 3.63) is 0 Å². The Labute approximate surface area is 121 Å². The van der Waals surface area contributed by atoms with Gasteiger partial charge in [-0.3, -0.25) is 0 Å². The fraction of sp³-hybridized carbons (Fsp3) is 1.00. The van der Waals surface area contributed by atoms with Crippen LogP contribution in [0.15, 0.2) is 0 Å². The zero-order chi connectivity index (χ0) is 14.0. The molecule has 1 saturated heterocycles. The average molecular weight is 265 g/mol. The Bertz CT molecular complexity index is 260. The molecule has 2 aliphatic rings. The highest BCUT2D eigenvalue weighted by molar-refractivity contribution is 4.85. The second-order valence-electron chi connectivity index (χ2n) is 8.44. The van der Waals surface area contributed by atoms with Crippen LogP contribution in [0.5, 0.6) is 0 Å². The number of rotatable bonds is 2. The van der Waals surface area contributed by atoms with E-state index in [-0.39, 0.29) is 0 Å². The Hall–Kier alpha value is -0.0400. The molecule has 0 atom stereocenters. The lowest BCUT2D eigenvalue weighted by Gasteiger charge is -2.42. The summed E-state index contributed by atoms with van der Waals surface area (Å²) in [6.45, 7) is 14.7. The molecular formula is C18H35N. The van der Waals surface area contributed by atoms with Gasteiger partial charge < -0.3 is 4.90 Å². The van der Waals surface area contributed by atoms with Gasteiger partial charge in [-0.2, -0.15) is 0 Å². The van der Waals surface area contributed by atoms with Gasteiger partial charge in [-0.1, -0.05) is 20.8 Å². The number of hydrogen-bond acceptors (Lipinski definition) is 1. The molecule has 1 nitrogen and oxygen atoms in total. The van der Waals surface area contributed by atoms with Crippen molar-refractivity contribution < 1.29 is 0 Å². The molecule has 1 heterocycles. The highest BCUT2D eigenvalue weighted by Crippen LogP contribution is 2.43. The Kier molecular flexibility index (Phi) is 4.98. The zero-order valence-electron chi connectivity index (χ0n) is 13.9. The van der Waals surface area contributed by atoms with Crippen LogP contribution in [0.1, 0.15) is 73.1 Å². The van der Waals surface area contributed by atoms with Gasteiger partial charge in [0.1, 0.15) is 0 Å². The van der Waals surface area contributed by atoms with Crippen LogP contribution in [0, 0.1) is 23.2 Å². The third-order valence-electron chi connectivity index (χ3n) is 5.97. The van der Waals surface area contributed by atoms with Crippen molar-refractivity contribution >= 4 is 0 Å². The Morgan fingerprint density at radius 2 is 1.26 bits per heavy atom. The Morgan fingerprint density at radius 3 is 1.68 bits per heavy atom. The van der Waals surface area contributed by atoms with Crippen molar-refractivity contribution in [2.45, 2.75) is 79.2 Å². The van der Waals surface area contributed by atoms with Crippen LogP contribution in [-0.2, 0) is 0 Å². The van der Waals surface area contributed by atoms with E-state index >= 15 is 0 Å². The van der Waals surface area contributed by atoms with Crippen molar-refractivity contribution in [2.75, 3.05) is 13.1 Å². The molecule has 2 fully saturated rings. The van der Waals surface area contributed by atoms with Gasteiger partial charge in [0.2, 0.25) is 0 Å². The summed E-state index contributed by atoms with van der Waals surface area (Å²) in [5.41, 5.74) is 0.534. The molecule has 0 aromatic rings. The van der Waals surface area contributed by atoms with Gasteiger partial charge in [0.25, 0.3) is 0 Å². The largest absolute Gasteiger partial charge is 0.301 e. The van der Waals surface area contributed by atoms with Crippen LogP contribution in [0.4, 0.5) is 0 Å². The predicted molar refractivity (Wildman–Crippen MR) is 84.3 cm³/mol. The van der Waals surface area contributed by atoms with E-state index in [9.17, 15) is 0 Å². The molecule has 112 valence electrons. The van der Waals surface area contributed by atoms with Gasteiger partial charge in [-0.15, -0.1) is 0 Å². The standard InChI is InChI=1S/C18H35N/c1-14(2)19-12-10-16(11-13-19)15-6-8-17(9-7-15)18(3,4)5/h14-17H,6-13H2,1-5H3. The Balaban J connectivity index is 1.77. The van der Waals surface area contributed by atoms with Gasteiger partial charge in [0.05, 0.1) is 0 Å². The second kappa shape index (κ2) is 6.16. The summed E-state index contributed by atoms with van der Waals surface area (Å²) in [5, 5.41) is 0. The monoisotopic (exact) mass is 265 g/mol. The van der Waals surface area contributed by atoms with Crippen molar-refractivity contribution in [3.63, 3.8) is 0 Å². The van der Waals surface area contributed by atoms with Crippen LogP contribution >= 0.6 is 0 Å². The lowest BCUT2D eigenvalue weighted by molar-refractivity contribution is 0.0770. The number of hydrogen-bond donors (Lipinski definition) is 0. The SMILES string of the molecule is CC(C)N1CCC(C2CCC(C(C)(C)C)CC2)CC1. The predicted octanol–water partition coefficient (Wildman–Crippen LogP) is 4.96. The van der Waals surface area contributed by atoms with Gasteiger partial charge in [0, 0.05) is 6.04 Å². The first-order valence-corrected chi connectivity index (χ1v) is 8.62. The molecule has 0 aromatic heterocycles. The average Bonchev–Trinajstić information content (AvgIpc) is 2.38. The van der Waals surface area contributed by atoms with E-state index in [2.05, 4.69) is 39.5 Å². The van der Waals surface area contributed by atoms with Crippen LogP contribution in [0.3, 0.4) is 0 Å². The first-order chi connectivity index (χ1) is 8.88. The van der Waals surface area contributed by atoms with E-state index in [0.717, 1.165) is 23.8 Å². The lowest BCUT2D eigenvalue weighted by atomic mass is 9.66. The summed E-state index contributed by atoms with van der Waals surface area (Å²) >= 11 is 0. The zero-order valence-corrected chi connectivity index (χ0v) is 13.9. The van der Waals surface area contributed by atoms with E-state index in [0.29, 0.717) is 5.41 Å². The minimum absolute atomic E-state index is 0.534. The third kappa shape index (κ3) is 3.97. The maximum Gasteiger partial charge on any atom is 0.00385 e. The highest BCUT2D eigenvalue weighted by Gasteiger charge is 2.34. The normalized spacial score (nSPS) is 31.9. The quantitative estimate of drug-likeness (QED) is 0.682. The van der Waals surface area contributed by atoms with Crippen LogP contribution in [0.25, 0.3) is 0 Å². The van der Waals surface area contributed by atoms with Crippen LogP contribution in [0.2, 0.25) is 0 Å². The molecule has 0 unspecified atom stereocenters. The van der Waals surface area contributed by atoms with E-state index in [1.54, 1.807) is 0 Å². The summed E-state index contributed by atoms with van der Waals surface area (Å²) in [5.74, 6) is 3.06. The molecule has 19 heavy (non-hydrogen) atoms. The molecule has 0 spiro atoms. The summed E-state index contributed by atoms with van der Waals surface area (Å²) in [6.07, 6.45) is 8.91. The molecule has 1 heteroatoms. The van der Waals surface area contributed by atoms with E-state index < -0.39 is 0 Å². The van der Waals surface area contributed by atoms with E-state index in [1.807, 2.05) is 0 Å². The number of piperidine rings is 1. The van der Waals surface area contributed by atoms with E-state index in [1.165, 1.54) is 51.6 Å². The number of nitrogens with zero attached hydrogens (tertiary/aromatic N) is 1. The minimum Gasteiger partial charge on any atom is -0.301 e. The maximum atomic E-state index is 2.66. The molecule has 2 rings (SSSR count). The van der Waals surface area contributed by atoms with Gasteiger partial charge in [-0.05, 0) is 88.6 Å². The molecule has 0 N–H and O–H groups in total. The van der Waals surface area contributed by atoms with Gasteiger partial charge in [0.15, 0.2) is 0 Å². The molecular weight excluding hydrogens is 230 g/mol. The van der Waals surface area contributed by atoms with Gasteiger partial charge >= 0.3 is 0 Å². The van der Waals surface area contributed by atoms with Crippen LogP contribution in [-0.4, -0.2) is 24.0 Å². The molecule has 0 amide bonds. The van der Waals surface area contributed by atoms with Crippen molar-refractivity contribution in [1.82, 2.24) is 4.90 Å². The van der Waals surface area contributed by atoms with Crippen molar-refractivity contribution in [3.8, 4) is 0 Å². The second-order valence-corrected chi connectivity index (χ2v) is 8.44. The molecule has 1 aliphatic heterocycles. The molecule has 0 aromatic carbocycles. The lowest BCUT2D eigenvalue weighted by Crippen LogP contribution is -2.41. The van der Waals surface area contributed by atoms with Crippen molar-refractivity contribution in [1.29, 1.82) is 0 Å². The Morgan fingerprint density at radius 1 is 0.789 bits per heavy atom. The maximum absolute atomic E-state index is 2.66.